The average Bonchev–Trinajstić information content (AvgIpc) is 2.92. The lowest BCUT2D eigenvalue weighted by atomic mass is 10.1. The standard InChI is InChI=1S/C14H18N4O4S/c1-9(14-15-10(2)16-17-14)18-23(21,22)12-6-3-11(4-7-12)5-8-13(19)20/h3-4,6-7,9,18H,5,8H2,1-2H3,(H,19,20)(H,15,16,17). The summed E-state index contributed by atoms with van der Waals surface area (Å²) in [5, 5.41) is 15.2. The third kappa shape index (κ3) is 4.60. The molecule has 0 fully saturated rings. The lowest BCUT2D eigenvalue weighted by molar-refractivity contribution is -0.136. The van der Waals surface area contributed by atoms with Gasteiger partial charge in [-0.3, -0.25) is 9.89 Å². The van der Waals surface area contributed by atoms with Crippen LogP contribution in [0.3, 0.4) is 0 Å². The van der Waals surface area contributed by atoms with Crippen molar-refractivity contribution in [1.29, 1.82) is 0 Å². The normalized spacial score (nSPS) is 13.0. The number of sulfonamides is 1. The molecule has 23 heavy (non-hydrogen) atoms. The Hall–Kier alpha value is -2.26. The van der Waals surface area contributed by atoms with Gasteiger partial charge in [0.2, 0.25) is 10.0 Å². The highest BCUT2D eigenvalue weighted by Gasteiger charge is 2.20. The molecule has 0 aliphatic carbocycles. The maximum Gasteiger partial charge on any atom is 0.303 e. The van der Waals surface area contributed by atoms with Crippen molar-refractivity contribution in [3.8, 4) is 0 Å². The third-order valence-electron chi connectivity index (χ3n) is 3.19. The molecule has 0 saturated heterocycles. The van der Waals surface area contributed by atoms with Gasteiger partial charge in [-0.1, -0.05) is 12.1 Å². The number of hydrogen-bond donors (Lipinski definition) is 3. The molecule has 0 amide bonds. The Morgan fingerprint density at radius 3 is 2.52 bits per heavy atom. The zero-order valence-corrected chi connectivity index (χ0v) is 13.6. The molecular formula is C14H18N4O4S. The molecule has 8 nitrogen and oxygen atoms in total. The van der Waals surface area contributed by atoms with Crippen LogP contribution in [0.25, 0.3) is 0 Å². The minimum Gasteiger partial charge on any atom is -0.481 e. The number of carboxylic acids is 1. The summed E-state index contributed by atoms with van der Waals surface area (Å²) in [6, 6.07) is 5.56. The summed E-state index contributed by atoms with van der Waals surface area (Å²) in [6.07, 6.45) is 0.363. The van der Waals surface area contributed by atoms with Gasteiger partial charge in [0.05, 0.1) is 10.9 Å². The van der Waals surface area contributed by atoms with Gasteiger partial charge in [-0.15, -0.1) is 0 Å². The van der Waals surface area contributed by atoms with Gasteiger partial charge in [0.25, 0.3) is 0 Å². The maximum absolute atomic E-state index is 12.3. The Morgan fingerprint density at radius 1 is 1.35 bits per heavy atom. The number of rotatable bonds is 7. The van der Waals surface area contributed by atoms with Crippen LogP contribution in [0.5, 0.6) is 0 Å². The molecule has 1 unspecified atom stereocenters. The second kappa shape index (κ2) is 6.88. The van der Waals surface area contributed by atoms with Crippen LogP contribution >= 0.6 is 0 Å². The number of aromatic amines is 1. The molecule has 2 rings (SSSR count). The van der Waals surface area contributed by atoms with Crippen molar-refractivity contribution in [2.24, 2.45) is 0 Å². The van der Waals surface area contributed by atoms with E-state index < -0.39 is 22.0 Å². The van der Waals surface area contributed by atoms with Gasteiger partial charge in [-0.2, -0.15) is 5.10 Å². The van der Waals surface area contributed by atoms with Gasteiger partial charge >= 0.3 is 5.97 Å². The van der Waals surface area contributed by atoms with Crippen molar-refractivity contribution >= 4 is 16.0 Å². The molecular weight excluding hydrogens is 320 g/mol. The van der Waals surface area contributed by atoms with E-state index in [-0.39, 0.29) is 11.3 Å². The molecule has 0 radical (unpaired) electrons. The molecule has 1 heterocycles. The molecule has 0 aliphatic rings. The Kier molecular flexibility index (Phi) is 5.12. The monoisotopic (exact) mass is 338 g/mol. The molecule has 1 aromatic carbocycles. The fraction of sp³-hybridized carbons (Fsp3) is 0.357. The number of nitrogens with one attached hydrogen (secondary N) is 2. The van der Waals surface area contributed by atoms with E-state index in [9.17, 15) is 13.2 Å². The van der Waals surface area contributed by atoms with Crippen molar-refractivity contribution in [1.82, 2.24) is 19.9 Å². The summed E-state index contributed by atoms with van der Waals surface area (Å²) in [7, 11) is -3.71. The number of aliphatic carboxylic acids is 1. The van der Waals surface area contributed by atoms with Crippen molar-refractivity contribution in [3.63, 3.8) is 0 Å². The lowest BCUT2D eigenvalue weighted by Gasteiger charge is -2.11. The first-order chi connectivity index (χ1) is 10.8. The van der Waals surface area contributed by atoms with Crippen molar-refractivity contribution in [3.05, 3.63) is 41.5 Å². The highest BCUT2D eigenvalue weighted by molar-refractivity contribution is 7.89. The number of H-pyrrole nitrogens is 1. The molecule has 0 bridgehead atoms. The van der Waals surface area contributed by atoms with Crippen LogP contribution in [0.15, 0.2) is 29.2 Å². The summed E-state index contributed by atoms with van der Waals surface area (Å²) >= 11 is 0. The predicted octanol–water partition coefficient (Wildman–Crippen LogP) is 1.17. The van der Waals surface area contributed by atoms with Crippen molar-refractivity contribution in [2.45, 2.75) is 37.6 Å². The summed E-state index contributed by atoms with van der Waals surface area (Å²) in [6.45, 7) is 3.38. The van der Waals surface area contributed by atoms with Crippen LogP contribution in [0.1, 0.15) is 36.6 Å². The number of carbonyl (C=O) groups is 1. The number of aryl methyl sites for hydroxylation is 2. The second-order valence-corrected chi connectivity index (χ2v) is 6.87. The zero-order chi connectivity index (χ0) is 17.0. The van der Waals surface area contributed by atoms with E-state index in [1.807, 2.05) is 0 Å². The van der Waals surface area contributed by atoms with Crippen LogP contribution in [-0.4, -0.2) is 34.7 Å². The average molecular weight is 338 g/mol. The maximum atomic E-state index is 12.3. The number of nitrogens with zero attached hydrogens (tertiary/aromatic N) is 2. The molecule has 3 N–H and O–H groups in total. The van der Waals surface area contributed by atoms with Crippen molar-refractivity contribution in [2.75, 3.05) is 0 Å². The van der Waals surface area contributed by atoms with Crippen LogP contribution in [0.2, 0.25) is 0 Å². The summed E-state index contributed by atoms with van der Waals surface area (Å²) < 4.78 is 27.2. The third-order valence-corrected chi connectivity index (χ3v) is 4.75. The van der Waals surface area contributed by atoms with E-state index in [0.717, 1.165) is 5.56 Å². The largest absolute Gasteiger partial charge is 0.481 e. The molecule has 1 atom stereocenters. The minimum atomic E-state index is -3.71. The molecule has 0 saturated carbocycles. The van der Waals surface area contributed by atoms with Crippen LogP contribution in [0, 0.1) is 6.92 Å². The summed E-state index contributed by atoms with van der Waals surface area (Å²) in [4.78, 5) is 14.7. The van der Waals surface area contributed by atoms with E-state index >= 15 is 0 Å². The zero-order valence-electron chi connectivity index (χ0n) is 12.8. The summed E-state index contributed by atoms with van der Waals surface area (Å²) in [5.41, 5.74) is 0.768. The first-order valence-electron chi connectivity index (χ1n) is 7.00. The van der Waals surface area contributed by atoms with Gasteiger partial charge in [-0.25, -0.2) is 18.1 Å². The Morgan fingerprint density at radius 2 is 2.00 bits per heavy atom. The smallest absolute Gasteiger partial charge is 0.303 e. The van der Waals surface area contributed by atoms with E-state index in [1.165, 1.54) is 12.1 Å². The topological polar surface area (TPSA) is 125 Å². The molecule has 124 valence electrons. The predicted molar refractivity (Wildman–Crippen MR) is 82.3 cm³/mol. The number of aromatic nitrogens is 3. The molecule has 9 heteroatoms. The molecule has 2 aromatic rings. The Bertz CT molecular complexity index is 783. The van der Waals surface area contributed by atoms with E-state index in [1.54, 1.807) is 26.0 Å². The van der Waals surface area contributed by atoms with Gasteiger partial charge in [0.1, 0.15) is 5.82 Å². The molecule has 0 spiro atoms. The minimum absolute atomic E-state index is 0.00552. The van der Waals surface area contributed by atoms with Gasteiger partial charge in [0.15, 0.2) is 5.82 Å². The van der Waals surface area contributed by atoms with Crippen LogP contribution < -0.4 is 4.72 Å². The van der Waals surface area contributed by atoms with E-state index in [0.29, 0.717) is 18.1 Å². The fourth-order valence-corrected chi connectivity index (χ4v) is 3.19. The molecule has 1 aromatic heterocycles. The molecule has 0 aliphatic heterocycles. The highest BCUT2D eigenvalue weighted by atomic mass is 32.2. The number of hydrogen-bond acceptors (Lipinski definition) is 5. The summed E-state index contributed by atoms with van der Waals surface area (Å²) in [5.74, 6) is 0.0805. The lowest BCUT2D eigenvalue weighted by Crippen LogP contribution is -2.27. The fourth-order valence-electron chi connectivity index (χ4n) is 1.99. The van der Waals surface area contributed by atoms with Crippen molar-refractivity contribution < 1.29 is 18.3 Å². The van der Waals surface area contributed by atoms with Crippen LogP contribution in [-0.2, 0) is 21.2 Å². The first kappa shape index (κ1) is 17.1. The van der Waals surface area contributed by atoms with Gasteiger partial charge in [-0.05, 0) is 38.0 Å². The quantitative estimate of drug-likeness (QED) is 0.696. The first-order valence-corrected chi connectivity index (χ1v) is 8.48. The Labute approximate surface area is 134 Å². The van der Waals surface area contributed by atoms with Crippen LogP contribution in [0.4, 0.5) is 0 Å². The van der Waals surface area contributed by atoms with Gasteiger partial charge < -0.3 is 5.11 Å². The highest BCUT2D eigenvalue weighted by Crippen LogP contribution is 2.15. The number of benzene rings is 1. The Balaban J connectivity index is 2.08. The van der Waals surface area contributed by atoms with Gasteiger partial charge in [0, 0.05) is 6.42 Å². The van der Waals surface area contributed by atoms with E-state index in [2.05, 4.69) is 19.9 Å². The number of carboxylic acid groups (broad SMARTS) is 1. The SMILES string of the molecule is Cc1nc(C(C)NS(=O)(=O)c2ccc(CCC(=O)O)cc2)n[nH]1. The second-order valence-electron chi connectivity index (χ2n) is 5.16. The van der Waals surface area contributed by atoms with E-state index in [4.69, 9.17) is 5.11 Å².